The van der Waals surface area contributed by atoms with E-state index in [-0.39, 0.29) is 5.91 Å². The summed E-state index contributed by atoms with van der Waals surface area (Å²) >= 11 is 6.04. The number of aromatic amines is 1. The number of nitrogens with zero attached hydrogens (tertiary/aromatic N) is 1. The molecule has 3 rings (SSSR count). The number of benzene rings is 2. The lowest BCUT2D eigenvalue weighted by Crippen LogP contribution is -2.23. The molecule has 0 aliphatic carbocycles. The molecule has 110 valence electrons. The zero-order valence-electron chi connectivity index (χ0n) is 11.7. The van der Waals surface area contributed by atoms with Gasteiger partial charge in [-0.2, -0.15) is 0 Å². The van der Waals surface area contributed by atoms with E-state index in [0.717, 1.165) is 16.8 Å². The number of halogens is 1. The van der Waals surface area contributed by atoms with E-state index < -0.39 is 0 Å². The Morgan fingerprint density at radius 1 is 1.14 bits per heavy atom. The fraction of sp³-hybridized carbons (Fsp3) is 0.0588. The molecule has 2 aromatic carbocycles. The van der Waals surface area contributed by atoms with Crippen LogP contribution in [0, 0.1) is 0 Å². The molecule has 2 N–H and O–H groups in total. The number of H-pyrrole nitrogens is 1. The number of amides is 1. The average Bonchev–Trinajstić information content (AvgIpc) is 3.07. The van der Waals surface area contributed by atoms with Crippen LogP contribution in [0.1, 0.15) is 15.9 Å². The van der Waals surface area contributed by atoms with Gasteiger partial charge in [-0.15, -0.1) is 0 Å². The highest BCUT2D eigenvalue weighted by Gasteiger charge is 2.11. The molecular weight excluding hydrogens is 298 g/mol. The zero-order chi connectivity index (χ0) is 15.4. The van der Waals surface area contributed by atoms with Crippen molar-refractivity contribution in [3.05, 3.63) is 77.2 Å². The number of hydrogen-bond acceptors (Lipinski definition) is 2. The van der Waals surface area contributed by atoms with Crippen LogP contribution >= 0.6 is 11.6 Å². The first-order valence-corrected chi connectivity index (χ1v) is 7.23. The zero-order valence-corrected chi connectivity index (χ0v) is 12.5. The molecule has 5 heteroatoms. The summed E-state index contributed by atoms with van der Waals surface area (Å²) in [7, 11) is 0. The van der Waals surface area contributed by atoms with E-state index in [1.54, 1.807) is 30.6 Å². The Hall–Kier alpha value is -2.59. The third-order valence-corrected chi connectivity index (χ3v) is 3.68. The van der Waals surface area contributed by atoms with E-state index in [9.17, 15) is 4.79 Å². The van der Waals surface area contributed by atoms with Gasteiger partial charge in [0, 0.05) is 18.3 Å². The molecule has 3 aromatic rings. The molecule has 4 nitrogen and oxygen atoms in total. The summed E-state index contributed by atoms with van der Waals surface area (Å²) in [5, 5.41) is 3.34. The molecule has 0 saturated carbocycles. The lowest BCUT2D eigenvalue weighted by atomic mass is 10.0. The van der Waals surface area contributed by atoms with Crippen molar-refractivity contribution in [2.45, 2.75) is 6.54 Å². The molecular formula is C17H14ClN3O. The first kappa shape index (κ1) is 14.4. The summed E-state index contributed by atoms with van der Waals surface area (Å²) in [6, 6.07) is 14.8. The van der Waals surface area contributed by atoms with Crippen LogP contribution in [-0.4, -0.2) is 15.9 Å². The van der Waals surface area contributed by atoms with Crippen LogP contribution < -0.4 is 5.32 Å². The van der Waals surface area contributed by atoms with Gasteiger partial charge in [-0.25, -0.2) is 4.98 Å². The minimum Gasteiger partial charge on any atom is -0.351 e. The fourth-order valence-corrected chi connectivity index (χ4v) is 2.47. The van der Waals surface area contributed by atoms with Gasteiger partial charge in [0.15, 0.2) is 0 Å². The van der Waals surface area contributed by atoms with Gasteiger partial charge in [-0.05, 0) is 17.7 Å². The molecule has 0 saturated heterocycles. The summed E-state index contributed by atoms with van der Waals surface area (Å²) in [5.74, 6) is -0.192. The van der Waals surface area contributed by atoms with Crippen molar-refractivity contribution in [1.82, 2.24) is 15.3 Å². The molecule has 0 aliphatic heterocycles. The lowest BCUT2D eigenvalue weighted by Gasteiger charge is -2.10. The average molecular weight is 312 g/mol. The van der Waals surface area contributed by atoms with Crippen molar-refractivity contribution in [2.24, 2.45) is 0 Å². The lowest BCUT2D eigenvalue weighted by molar-refractivity contribution is 0.0951. The van der Waals surface area contributed by atoms with Crippen LogP contribution in [-0.2, 0) is 6.54 Å². The number of carbonyl (C=O) groups excluding carboxylic acids is 1. The maximum absolute atomic E-state index is 12.2. The number of rotatable bonds is 4. The minimum absolute atomic E-state index is 0.192. The van der Waals surface area contributed by atoms with Crippen LogP contribution in [0.3, 0.4) is 0 Å². The van der Waals surface area contributed by atoms with Crippen molar-refractivity contribution in [2.75, 3.05) is 0 Å². The summed E-state index contributed by atoms with van der Waals surface area (Å²) in [6.45, 7) is 0.410. The van der Waals surface area contributed by atoms with Crippen molar-refractivity contribution in [3.8, 4) is 11.3 Å². The topological polar surface area (TPSA) is 57.8 Å². The Morgan fingerprint density at radius 3 is 2.68 bits per heavy atom. The normalized spacial score (nSPS) is 10.4. The van der Waals surface area contributed by atoms with Gasteiger partial charge in [-0.1, -0.05) is 48.0 Å². The Balaban J connectivity index is 1.78. The van der Waals surface area contributed by atoms with Crippen molar-refractivity contribution in [1.29, 1.82) is 0 Å². The standard InChI is InChI=1S/C17H14ClN3O/c18-15-8-4-3-7-14(15)17(22)20-9-12-5-1-2-6-13(12)16-10-19-11-21-16/h1-8,10-11H,9H2,(H,19,21)(H,20,22). The van der Waals surface area contributed by atoms with Crippen LogP contribution in [0.4, 0.5) is 0 Å². The Bertz CT molecular complexity index is 784. The minimum atomic E-state index is -0.192. The molecule has 1 amide bonds. The summed E-state index contributed by atoms with van der Waals surface area (Å²) in [4.78, 5) is 19.4. The van der Waals surface area contributed by atoms with Crippen LogP contribution in [0.25, 0.3) is 11.3 Å². The maximum atomic E-state index is 12.2. The largest absolute Gasteiger partial charge is 0.351 e. The van der Waals surface area contributed by atoms with E-state index in [4.69, 9.17) is 11.6 Å². The number of hydrogen-bond donors (Lipinski definition) is 2. The molecule has 22 heavy (non-hydrogen) atoms. The van der Waals surface area contributed by atoms with E-state index in [0.29, 0.717) is 17.1 Å². The van der Waals surface area contributed by atoms with Gasteiger partial charge in [0.2, 0.25) is 0 Å². The highest BCUT2D eigenvalue weighted by Crippen LogP contribution is 2.21. The summed E-state index contributed by atoms with van der Waals surface area (Å²) in [6.07, 6.45) is 3.46. The molecule has 1 heterocycles. The molecule has 0 atom stereocenters. The van der Waals surface area contributed by atoms with Crippen molar-refractivity contribution in [3.63, 3.8) is 0 Å². The molecule has 0 fully saturated rings. The van der Waals surface area contributed by atoms with Crippen LogP contribution in [0.15, 0.2) is 61.1 Å². The number of imidazole rings is 1. The molecule has 0 unspecified atom stereocenters. The predicted molar refractivity (Wildman–Crippen MR) is 86.6 cm³/mol. The third kappa shape index (κ3) is 3.02. The highest BCUT2D eigenvalue weighted by atomic mass is 35.5. The van der Waals surface area contributed by atoms with Crippen LogP contribution in [0.2, 0.25) is 5.02 Å². The second-order valence-electron chi connectivity index (χ2n) is 4.77. The molecule has 0 spiro atoms. The Kier molecular flexibility index (Phi) is 4.21. The van der Waals surface area contributed by atoms with Gasteiger partial charge in [0.25, 0.3) is 5.91 Å². The second-order valence-corrected chi connectivity index (χ2v) is 5.18. The van der Waals surface area contributed by atoms with Gasteiger partial charge >= 0.3 is 0 Å². The fourth-order valence-electron chi connectivity index (χ4n) is 2.25. The highest BCUT2D eigenvalue weighted by molar-refractivity contribution is 6.33. The Labute approximate surface area is 133 Å². The number of carbonyl (C=O) groups is 1. The van der Waals surface area contributed by atoms with Gasteiger partial charge in [0.1, 0.15) is 0 Å². The van der Waals surface area contributed by atoms with Gasteiger partial charge in [-0.3, -0.25) is 4.79 Å². The molecule has 0 bridgehead atoms. The van der Waals surface area contributed by atoms with Crippen molar-refractivity contribution >= 4 is 17.5 Å². The number of aromatic nitrogens is 2. The van der Waals surface area contributed by atoms with E-state index in [1.807, 2.05) is 30.5 Å². The molecule has 1 aromatic heterocycles. The number of nitrogens with one attached hydrogen (secondary N) is 2. The first-order valence-electron chi connectivity index (χ1n) is 6.85. The summed E-state index contributed by atoms with van der Waals surface area (Å²) < 4.78 is 0. The van der Waals surface area contributed by atoms with Crippen LogP contribution in [0.5, 0.6) is 0 Å². The smallest absolute Gasteiger partial charge is 0.253 e. The van der Waals surface area contributed by atoms with Crippen molar-refractivity contribution < 1.29 is 4.79 Å². The van der Waals surface area contributed by atoms with Gasteiger partial charge < -0.3 is 10.3 Å². The van der Waals surface area contributed by atoms with E-state index in [2.05, 4.69) is 15.3 Å². The summed E-state index contributed by atoms with van der Waals surface area (Å²) in [5.41, 5.74) is 3.31. The quantitative estimate of drug-likeness (QED) is 0.772. The SMILES string of the molecule is O=C(NCc1ccccc1-c1c[nH]cn1)c1ccccc1Cl. The van der Waals surface area contributed by atoms with E-state index in [1.165, 1.54) is 0 Å². The van der Waals surface area contributed by atoms with Gasteiger partial charge in [0.05, 0.1) is 22.6 Å². The maximum Gasteiger partial charge on any atom is 0.253 e. The molecule has 0 radical (unpaired) electrons. The Morgan fingerprint density at radius 2 is 1.91 bits per heavy atom. The first-order chi connectivity index (χ1) is 10.8. The second kappa shape index (κ2) is 6.45. The third-order valence-electron chi connectivity index (χ3n) is 3.35. The molecule has 0 aliphatic rings. The predicted octanol–water partition coefficient (Wildman–Crippen LogP) is 3.66. The van der Waals surface area contributed by atoms with E-state index >= 15 is 0 Å². The monoisotopic (exact) mass is 311 g/mol.